The molecule has 7 nitrogen and oxygen atoms in total. The minimum absolute atomic E-state index is 0.0526. The zero-order chi connectivity index (χ0) is 20.7. The van der Waals surface area contributed by atoms with Gasteiger partial charge in [0.05, 0.1) is 18.9 Å². The molecule has 0 aliphatic rings. The van der Waals surface area contributed by atoms with Crippen molar-refractivity contribution in [3.05, 3.63) is 65.2 Å². The number of esters is 1. The van der Waals surface area contributed by atoms with Crippen LogP contribution >= 0.6 is 0 Å². The molecule has 0 unspecified atom stereocenters. The molecular formula is C21H23N3O4. The molecule has 0 fully saturated rings. The maximum atomic E-state index is 11.9. The van der Waals surface area contributed by atoms with Crippen molar-refractivity contribution in [2.24, 2.45) is 5.10 Å². The van der Waals surface area contributed by atoms with Crippen LogP contribution in [0, 0.1) is 0 Å². The molecule has 0 radical (unpaired) electrons. The number of hydrogen-bond donors (Lipinski definition) is 2. The SMILES string of the molecule is COC(=O)c1ccc(NC(=O)C(=O)N/N=C/c2ccc(C(C)(C)C)cc2)cc1. The van der Waals surface area contributed by atoms with Crippen LogP contribution in [0.1, 0.15) is 42.3 Å². The first-order chi connectivity index (χ1) is 13.2. The molecule has 2 rings (SSSR count). The number of amides is 2. The van der Waals surface area contributed by atoms with Crippen LogP contribution < -0.4 is 10.7 Å². The molecule has 2 N–H and O–H groups in total. The van der Waals surface area contributed by atoms with Crippen LogP contribution in [-0.4, -0.2) is 31.1 Å². The molecule has 0 heterocycles. The number of methoxy groups -OCH3 is 1. The normalized spacial score (nSPS) is 11.1. The molecule has 146 valence electrons. The second-order valence-corrected chi connectivity index (χ2v) is 7.09. The molecule has 0 bridgehead atoms. The van der Waals surface area contributed by atoms with Gasteiger partial charge in [-0.2, -0.15) is 5.10 Å². The lowest BCUT2D eigenvalue weighted by Crippen LogP contribution is -2.32. The molecule has 0 saturated heterocycles. The van der Waals surface area contributed by atoms with E-state index in [-0.39, 0.29) is 5.41 Å². The minimum Gasteiger partial charge on any atom is -0.465 e. The summed E-state index contributed by atoms with van der Waals surface area (Å²) < 4.78 is 4.59. The highest BCUT2D eigenvalue weighted by atomic mass is 16.5. The minimum atomic E-state index is -0.903. The quantitative estimate of drug-likeness (QED) is 0.368. The summed E-state index contributed by atoms with van der Waals surface area (Å²) in [4.78, 5) is 35.1. The Kier molecular flexibility index (Phi) is 6.65. The van der Waals surface area contributed by atoms with Crippen LogP contribution in [0.25, 0.3) is 0 Å². The molecule has 2 aromatic carbocycles. The van der Waals surface area contributed by atoms with E-state index in [9.17, 15) is 14.4 Å². The highest BCUT2D eigenvalue weighted by Crippen LogP contribution is 2.21. The standard InChI is InChI=1S/C21H23N3O4/c1-21(2,3)16-9-5-14(6-10-16)13-22-24-19(26)18(25)23-17-11-7-15(8-12-17)20(27)28-4/h5-13H,1-4H3,(H,23,25)(H,24,26)/b22-13+. The van der Waals surface area contributed by atoms with Gasteiger partial charge in [-0.1, -0.05) is 45.0 Å². The number of ether oxygens (including phenoxy) is 1. The number of anilines is 1. The monoisotopic (exact) mass is 381 g/mol. The van der Waals surface area contributed by atoms with Crippen LogP contribution in [0.4, 0.5) is 5.69 Å². The van der Waals surface area contributed by atoms with Crippen molar-refractivity contribution >= 4 is 29.7 Å². The van der Waals surface area contributed by atoms with Crippen molar-refractivity contribution in [1.82, 2.24) is 5.43 Å². The number of nitrogens with one attached hydrogen (secondary N) is 2. The molecule has 0 aliphatic heterocycles. The Morgan fingerprint density at radius 2 is 1.54 bits per heavy atom. The average Bonchev–Trinajstić information content (AvgIpc) is 2.67. The van der Waals surface area contributed by atoms with Gasteiger partial charge in [-0.25, -0.2) is 10.2 Å². The summed E-state index contributed by atoms with van der Waals surface area (Å²) in [5.74, 6) is -2.26. The zero-order valence-electron chi connectivity index (χ0n) is 16.3. The Hall–Kier alpha value is -3.48. The maximum absolute atomic E-state index is 11.9. The van der Waals surface area contributed by atoms with Gasteiger partial charge < -0.3 is 10.1 Å². The lowest BCUT2D eigenvalue weighted by molar-refractivity contribution is -0.136. The first-order valence-electron chi connectivity index (χ1n) is 8.64. The van der Waals surface area contributed by atoms with E-state index in [1.54, 1.807) is 0 Å². The summed E-state index contributed by atoms with van der Waals surface area (Å²) in [6.45, 7) is 6.37. The molecule has 28 heavy (non-hydrogen) atoms. The number of hydrogen-bond acceptors (Lipinski definition) is 5. The van der Waals surface area contributed by atoms with Gasteiger partial charge in [0.1, 0.15) is 0 Å². The first-order valence-corrected chi connectivity index (χ1v) is 8.64. The first kappa shape index (κ1) is 20.8. The van der Waals surface area contributed by atoms with Crippen LogP contribution in [-0.2, 0) is 19.7 Å². The van der Waals surface area contributed by atoms with E-state index < -0.39 is 17.8 Å². The second-order valence-electron chi connectivity index (χ2n) is 7.09. The summed E-state index contributed by atoms with van der Waals surface area (Å²) in [6.07, 6.45) is 1.46. The molecule has 0 atom stereocenters. The largest absolute Gasteiger partial charge is 0.465 e. The molecule has 2 aromatic rings. The fraction of sp³-hybridized carbons (Fsp3) is 0.238. The van der Waals surface area contributed by atoms with Gasteiger partial charge >= 0.3 is 17.8 Å². The number of benzene rings is 2. The summed E-state index contributed by atoms with van der Waals surface area (Å²) in [5, 5.41) is 6.22. The van der Waals surface area contributed by atoms with E-state index in [4.69, 9.17) is 0 Å². The topological polar surface area (TPSA) is 96.9 Å². The molecule has 2 amide bonds. The maximum Gasteiger partial charge on any atom is 0.337 e. The van der Waals surface area contributed by atoms with Crippen molar-refractivity contribution in [1.29, 1.82) is 0 Å². The van der Waals surface area contributed by atoms with Crippen molar-refractivity contribution in [3.8, 4) is 0 Å². The summed E-state index contributed by atoms with van der Waals surface area (Å²) in [7, 11) is 1.28. The van der Waals surface area contributed by atoms with E-state index in [1.165, 1.54) is 43.2 Å². The third kappa shape index (κ3) is 5.77. The molecule has 0 aromatic heterocycles. The van der Waals surface area contributed by atoms with Crippen molar-refractivity contribution in [2.75, 3.05) is 12.4 Å². The smallest absolute Gasteiger partial charge is 0.337 e. The Morgan fingerprint density at radius 1 is 0.929 bits per heavy atom. The number of hydrazone groups is 1. The Morgan fingerprint density at radius 3 is 2.07 bits per heavy atom. The second kappa shape index (κ2) is 8.94. The van der Waals surface area contributed by atoms with Crippen LogP contribution in [0.3, 0.4) is 0 Å². The molecule has 7 heteroatoms. The fourth-order valence-corrected chi connectivity index (χ4v) is 2.28. The van der Waals surface area contributed by atoms with Gasteiger partial charge in [0.25, 0.3) is 0 Å². The summed E-state index contributed by atoms with van der Waals surface area (Å²) in [5.41, 5.74) is 4.93. The zero-order valence-corrected chi connectivity index (χ0v) is 16.3. The molecular weight excluding hydrogens is 358 g/mol. The van der Waals surface area contributed by atoms with Gasteiger partial charge in [0.15, 0.2) is 0 Å². The van der Waals surface area contributed by atoms with Gasteiger partial charge in [-0.15, -0.1) is 0 Å². The van der Waals surface area contributed by atoms with E-state index in [2.05, 4.69) is 41.4 Å². The van der Waals surface area contributed by atoms with E-state index in [0.29, 0.717) is 11.3 Å². The number of nitrogens with zero attached hydrogens (tertiary/aromatic N) is 1. The van der Waals surface area contributed by atoms with Crippen molar-refractivity contribution in [2.45, 2.75) is 26.2 Å². The Bertz CT molecular complexity index is 879. The highest BCUT2D eigenvalue weighted by molar-refractivity contribution is 6.39. The van der Waals surface area contributed by atoms with E-state index >= 15 is 0 Å². The summed E-state index contributed by atoms with van der Waals surface area (Å²) in [6, 6.07) is 13.7. The Labute approximate surface area is 163 Å². The van der Waals surface area contributed by atoms with E-state index in [1.807, 2.05) is 24.3 Å². The average molecular weight is 381 g/mol. The van der Waals surface area contributed by atoms with Crippen molar-refractivity contribution in [3.63, 3.8) is 0 Å². The third-order valence-electron chi connectivity index (χ3n) is 3.93. The predicted octanol–water partition coefficient (Wildman–Crippen LogP) is 2.86. The lowest BCUT2D eigenvalue weighted by Gasteiger charge is -2.18. The molecule has 0 aliphatic carbocycles. The van der Waals surface area contributed by atoms with Gasteiger partial charge in [-0.3, -0.25) is 9.59 Å². The number of rotatable bonds is 4. The third-order valence-corrected chi connectivity index (χ3v) is 3.93. The highest BCUT2D eigenvalue weighted by Gasteiger charge is 2.14. The van der Waals surface area contributed by atoms with Crippen LogP contribution in [0.15, 0.2) is 53.6 Å². The number of carbonyl (C=O) groups is 3. The van der Waals surface area contributed by atoms with Gasteiger partial charge in [0, 0.05) is 5.69 Å². The lowest BCUT2D eigenvalue weighted by atomic mass is 9.87. The summed E-state index contributed by atoms with van der Waals surface area (Å²) >= 11 is 0. The Balaban J connectivity index is 1.89. The van der Waals surface area contributed by atoms with Crippen molar-refractivity contribution < 1.29 is 19.1 Å². The van der Waals surface area contributed by atoms with Gasteiger partial charge in [-0.05, 0) is 40.8 Å². The van der Waals surface area contributed by atoms with E-state index in [0.717, 1.165) is 5.56 Å². The molecule has 0 spiro atoms. The van der Waals surface area contributed by atoms with Gasteiger partial charge in [0.2, 0.25) is 0 Å². The number of carbonyl (C=O) groups excluding carboxylic acids is 3. The molecule has 0 saturated carbocycles. The fourth-order valence-electron chi connectivity index (χ4n) is 2.28. The predicted molar refractivity (Wildman–Crippen MR) is 107 cm³/mol. The van der Waals surface area contributed by atoms with Crippen LogP contribution in [0.2, 0.25) is 0 Å². The van der Waals surface area contributed by atoms with Crippen LogP contribution in [0.5, 0.6) is 0 Å².